The van der Waals surface area contributed by atoms with Gasteiger partial charge in [-0.2, -0.15) is 0 Å². The first kappa shape index (κ1) is 90.0. The molecular weight excluding hydrogens is 1190 g/mol. The summed E-state index contributed by atoms with van der Waals surface area (Å²) < 4.78 is 0. The minimum atomic E-state index is 0.0663. The van der Waals surface area contributed by atoms with Gasteiger partial charge in [0.1, 0.15) is 6.33 Å². The van der Waals surface area contributed by atoms with Gasteiger partial charge in [0.2, 0.25) is 0 Å². The topological polar surface area (TPSA) is 103 Å². The van der Waals surface area contributed by atoms with Gasteiger partial charge in [0.05, 0.1) is 17.1 Å². The second-order valence-corrected chi connectivity index (χ2v) is 41.2. The highest BCUT2D eigenvalue weighted by Gasteiger charge is 2.32. The Bertz CT molecular complexity index is 2630. The summed E-state index contributed by atoms with van der Waals surface area (Å²) in [5.74, 6) is 0. The third-order valence-corrected chi connectivity index (χ3v) is 16.4. The molecule has 7 rings (SSSR count). The molecule has 1 aromatic carbocycles. The van der Waals surface area contributed by atoms with Gasteiger partial charge in [-0.25, -0.2) is 9.97 Å². The van der Waals surface area contributed by atoms with Crippen LogP contribution in [0.2, 0.25) is 0 Å². The van der Waals surface area contributed by atoms with Gasteiger partial charge in [-0.05, 0) is 123 Å². The monoisotopic (exact) mass is 1340 g/mol. The first-order valence-corrected chi connectivity index (χ1v) is 36.1. The summed E-state index contributed by atoms with van der Waals surface area (Å²) in [5.41, 5.74) is 20.4. The Kier molecular flexibility index (Phi) is 30.9. The minimum Gasteiger partial charge on any atom is -0.264 e. The average molecular weight is 1340 g/mol. The van der Waals surface area contributed by atoms with Crippen molar-refractivity contribution in [1.82, 2.24) is 39.9 Å². The van der Waals surface area contributed by atoms with Crippen molar-refractivity contribution >= 4 is 0 Å². The SMILES string of the molecule is CC(C)(C)c1ccccc1C(C)(C)C.CC(C)(C)c1cccnc1C(C)(C)C.CC(C)(C)c1cccnc1C(C)(C)C.CC(C)(C)c1ccncc1C(C)(C)C.CC(C)(C)c1ccncc1C(C)(C)C.CC(C)(C)c1cncnc1C(C)(C)C.CC(C)(C)c1nccnc1C(C)(C)C. The van der Waals surface area contributed by atoms with E-state index >= 15 is 0 Å². The number of pyridine rings is 4. The highest BCUT2D eigenvalue weighted by atomic mass is 14.8. The normalized spacial score (nSPS) is 13.0. The fraction of sp³-hybridized carbons (Fsp3) is 0.622. The lowest BCUT2D eigenvalue weighted by Crippen LogP contribution is -2.24. The summed E-state index contributed by atoms with van der Waals surface area (Å²) in [4.78, 5) is 34.9. The highest BCUT2D eigenvalue weighted by molar-refractivity contribution is 5.39. The van der Waals surface area contributed by atoms with Gasteiger partial charge in [-0.15, -0.1) is 0 Å². The molecule has 546 valence electrons. The molecule has 0 bridgehead atoms. The maximum absolute atomic E-state index is 4.52. The maximum atomic E-state index is 4.52. The molecule has 0 spiro atoms. The Labute approximate surface area is 604 Å². The van der Waals surface area contributed by atoms with Gasteiger partial charge in [-0.3, -0.25) is 29.9 Å². The molecular formula is C90H146N8. The molecule has 8 heteroatoms. The second kappa shape index (κ2) is 33.6. The molecule has 7 aromatic rings. The lowest BCUT2D eigenvalue weighted by molar-refractivity contribution is 0.498. The van der Waals surface area contributed by atoms with Crippen LogP contribution in [0.1, 0.15) is 369 Å². The highest BCUT2D eigenvalue weighted by Crippen LogP contribution is 2.38. The van der Waals surface area contributed by atoms with E-state index in [1.807, 2.05) is 55.5 Å². The molecule has 8 nitrogen and oxygen atoms in total. The predicted molar refractivity (Wildman–Crippen MR) is 429 cm³/mol. The van der Waals surface area contributed by atoms with Crippen LogP contribution in [0.5, 0.6) is 0 Å². The smallest absolute Gasteiger partial charge is 0.115 e. The van der Waals surface area contributed by atoms with Crippen molar-refractivity contribution in [2.24, 2.45) is 0 Å². The Balaban J connectivity index is 0.000000572. The molecule has 0 N–H and O–H groups in total. The van der Waals surface area contributed by atoms with Crippen LogP contribution in [0.4, 0.5) is 0 Å². The standard InChI is InChI=1S/C14H22.4C13H21N.2C12H20N2/c1-13(2,3)11-9-7-8-10-12(11)14(4,5)6;2*1-12(2,3)10-7-8-14-9-11(10)13(4,5)6;2*1-12(2,3)10-8-7-9-14-11(10)13(4,5)6;1-11(2,3)9-7-13-8-14-10(9)12(4,5)6;1-11(2,3)9-10(12(4,5)6)14-8-7-13-9/h7-10H,1-6H3;4*7-9H,1-6H3;2*7-8H,1-6H3. The third kappa shape index (κ3) is 29.7. The first-order chi connectivity index (χ1) is 43.6. The largest absolute Gasteiger partial charge is 0.264 e. The Hall–Kier alpha value is -6.02. The number of hydrogen-bond donors (Lipinski definition) is 0. The lowest BCUT2D eigenvalue weighted by atomic mass is 9.75. The Morgan fingerprint density at radius 3 is 0.592 bits per heavy atom. The predicted octanol–water partition coefficient (Wildman–Crippen LogP) is 25.1. The van der Waals surface area contributed by atoms with Crippen molar-refractivity contribution < 1.29 is 0 Å². The molecule has 6 heterocycles. The van der Waals surface area contributed by atoms with Crippen LogP contribution in [-0.2, 0) is 75.8 Å². The first-order valence-electron chi connectivity index (χ1n) is 36.1. The van der Waals surface area contributed by atoms with Gasteiger partial charge < -0.3 is 0 Å². The van der Waals surface area contributed by atoms with E-state index in [1.165, 1.54) is 61.5 Å². The van der Waals surface area contributed by atoms with Crippen molar-refractivity contribution in [3.63, 3.8) is 0 Å². The number of hydrogen-bond acceptors (Lipinski definition) is 8. The number of aromatic nitrogens is 8. The molecule has 6 aromatic heterocycles. The summed E-state index contributed by atoms with van der Waals surface area (Å²) >= 11 is 0. The van der Waals surface area contributed by atoms with E-state index in [0.717, 1.165) is 17.1 Å². The quantitative estimate of drug-likeness (QED) is 0.148. The summed E-state index contributed by atoms with van der Waals surface area (Å²) in [6.07, 6.45) is 18.7. The van der Waals surface area contributed by atoms with E-state index in [0.29, 0.717) is 0 Å². The van der Waals surface area contributed by atoms with Crippen LogP contribution in [0, 0.1) is 0 Å². The third-order valence-electron chi connectivity index (χ3n) is 16.4. The summed E-state index contributed by atoms with van der Waals surface area (Å²) in [5, 5.41) is 0. The molecule has 0 unspecified atom stereocenters. The fourth-order valence-corrected chi connectivity index (χ4v) is 11.2. The molecule has 98 heavy (non-hydrogen) atoms. The number of nitrogens with zero attached hydrogens (tertiary/aromatic N) is 8. The van der Waals surface area contributed by atoms with E-state index < -0.39 is 0 Å². The molecule has 0 saturated carbocycles. The van der Waals surface area contributed by atoms with Crippen LogP contribution >= 0.6 is 0 Å². The van der Waals surface area contributed by atoms with E-state index in [2.05, 4.69) is 379 Å². The van der Waals surface area contributed by atoms with Crippen molar-refractivity contribution in [2.75, 3.05) is 0 Å². The van der Waals surface area contributed by atoms with E-state index in [1.54, 1.807) is 18.7 Å². The van der Waals surface area contributed by atoms with Crippen LogP contribution in [0.25, 0.3) is 0 Å². The fourth-order valence-electron chi connectivity index (χ4n) is 11.2. The maximum Gasteiger partial charge on any atom is 0.115 e. The minimum absolute atomic E-state index is 0.0663. The summed E-state index contributed by atoms with van der Waals surface area (Å²) in [7, 11) is 0. The molecule has 0 aliphatic carbocycles. The Morgan fingerprint density at radius 1 is 0.163 bits per heavy atom. The van der Waals surface area contributed by atoms with Gasteiger partial charge in [0.25, 0.3) is 0 Å². The van der Waals surface area contributed by atoms with E-state index in [-0.39, 0.29) is 75.8 Å². The van der Waals surface area contributed by atoms with Crippen LogP contribution < -0.4 is 0 Å². The number of rotatable bonds is 0. The van der Waals surface area contributed by atoms with Crippen molar-refractivity contribution in [2.45, 2.75) is 367 Å². The molecule has 0 fully saturated rings. The van der Waals surface area contributed by atoms with Crippen LogP contribution in [0.3, 0.4) is 0 Å². The molecule has 0 saturated heterocycles. The average Bonchev–Trinajstić information content (AvgIpc) is 0.865. The van der Waals surface area contributed by atoms with Crippen molar-refractivity contribution in [1.29, 1.82) is 0 Å². The zero-order valence-electron chi connectivity index (χ0n) is 71.1. The van der Waals surface area contributed by atoms with Gasteiger partial charge in [0.15, 0.2) is 0 Å². The zero-order valence-corrected chi connectivity index (χ0v) is 71.1. The zero-order chi connectivity index (χ0) is 76.9. The lowest BCUT2D eigenvalue weighted by Gasteiger charge is -2.29. The van der Waals surface area contributed by atoms with Crippen molar-refractivity contribution in [3.05, 3.63) is 201 Å². The van der Waals surface area contributed by atoms with E-state index in [9.17, 15) is 0 Å². The molecule has 0 radical (unpaired) electrons. The van der Waals surface area contributed by atoms with E-state index in [4.69, 9.17) is 0 Å². The van der Waals surface area contributed by atoms with Crippen LogP contribution in [-0.4, -0.2) is 39.9 Å². The summed E-state index contributed by atoms with van der Waals surface area (Å²) in [6.45, 7) is 93.4. The van der Waals surface area contributed by atoms with Gasteiger partial charge in [0, 0.05) is 94.2 Å². The summed E-state index contributed by atoms with van der Waals surface area (Å²) in [6, 6.07) is 21.5. The molecule has 0 aliphatic rings. The second-order valence-electron chi connectivity index (χ2n) is 41.2. The Morgan fingerprint density at radius 2 is 0.378 bits per heavy atom. The molecule has 0 atom stereocenters. The number of benzene rings is 1. The van der Waals surface area contributed by atoms with Gasteiger partial charge >= 0.3 is 0 Å². The van der Waals surface area contributed by atoms with Crippen LogP contribution in [0.15, 0.2) is 123 Å². The molecule has 0 aliphatic heterocycles. The molecule has 0 amide bonds. The van der Waals surface area contributed by atoms with Gasteiger partial charge in [-0.1, -0.05) is 327 Å². The van der Waals surface area contributed by atoms with Crippen molar-refractivity contribution in [3.8, 4) is 0 Å².